The number of halogens is 2. The molecule has 2 aromatic rings. The Bertz CT molecular complexity index is 1010. The first-order valence-electron chi connectivity index (χ1n) is 9.49. The molecule has 4 rings (SSSR count). The molecule has 2 aliphatic rings. The van der Waals surface area contributed by atoms with Gasteiger partial charge in [-0.2, -0.15) is 9.40 Å². The Kier molecular flexibility index (Phi) is 4.77. The van der Waals surface area contributed by atoms with Gasteiger partial charge in [0.1, 0.15) is 5.82 Å². The lowest BCUT2D eigenvalue weighted by Gasteiger charge is -2.46. The highest BCUT2D eigenvalue weighted by atomic mass is 35.5. The van der Waals surface area contributed by atoms with Crippen LogP contribution in [-0.2, 0) is 10.0 Å². The Morgan fingerprint density at radius 2 is 1.96 bits per heavy atom. The molecule has 2 saturated heterocycles. The van der Waals surface area contributed by atoms with Crippen LogP contribution in [0.25, 0.3) is 10.9 Å². The maximum Gasteiger partial charge on any atom is 0.211 e. The molecular formula is C19H25ClFN3O3S. The van der Waals surface area contributed by atoms with Crippen molar-refractivity contribution < 1.29 is 17.9 Å². The van der Waals surface area contributed by atoms with E-state index in [-0.39, 0.29) is 28.6 Å². The van der Waals surface area contributed by atoms with Crippen LogP contribution in [0, 0.1) is 17.2 Å². The largest absolute Gasteiger partial charge is 0.388 e. The molecule has 3 unspecified atom stereocenters. The van der Waals surface area contributed by atoms with Crippen LogP contribution in [0.4, 0.5) is 4.39 Å². The van der Waals surface area contributed by atoms with Gasteiger partial charge in [0, 0.05) is 23.0 Å². The van der Waals surface area contributed by atoms with Crippen molar-refractivity contribution in [2.45, 2.75) is 57.7 Å². The fourth-order valence-electron chi connectivity index (χ4n) is 5.19. The fraction of sp³-hybridized carbons (Fsp3) is 0.632. The summed E-state index contributed by atoms with van der Waals surface area (Å²) in [6.07, 6.45) is 4.67. The molecule has 1 aromatic heterocycles. The number of sulfonamides is 1. The number of fused-ring (bicyclic) bond motifs is 3. The minimum atomic E-state index is -3.26. The lowest BCUT2D eigenvalue weighted by Crippen LogP contribution is -2.49. The monoisotopic (exact) mass is 429 g/mol. The molecule has 154 valence electrons. The number of aliphatic hydroxyl groups is 1. The summed E-state index contributed by atoms with van der Waals surface area (Å²) >= 11 is 6.05. The molecule has 0 radical (unpaired) electrons. The van der Waals surface area contributed by atoms with Crippen molar-refractivity contribution in [2.24, 2.45) is 11.3 Å². The van der Waals surface area contributed by atoms with E-state index in [1.165, 1.54) is 12.3 Å². The first kappa shape index (κ1) is 20.1. The van der Waals surface area contributed by atoms with Crippen molar-refractivity contribution >= 4 is 32.5 Å². The third-order valence-corrected chi connectivity index (χ3v) is 8.38. The SMILES string of the molecule is CC(C)(C1CC2CC[C@@H](C1)N2S(C)(=O)=O)C(O)c1c(F)c(Cl)cc2cn[nH]c12. The number of piperidine rings is 1. The van der Waals surface area contributed by atoms with Crippen molar-refractivity contribution in [3.63, 3.8) is 0 Å². The quantitative estimate of drug-likeness (QED) is 0.777. The minimum Gasteiger partial charge on any atom is -0.388 e. The highest BCUT2D eigenvalue weighted by molar-refractivity contribution is 7.88. The highest BCUT2D eigenvalue weighted by Crippen LogP contribution is 2.52. The van der Waals surface area contributed by atoms with Gasteiger partial charge in [-0.3, -0.25) is 5.10 Å². The Morgan fingerprint density at radius 3 is 2.54 bits per heavy atom. The van der Waals surface area contributed by atoms with Crippen molar-refractivity contribution in [2.75, 3.05) is 6.26 Å². The van der Waals surface area contributed by atoms with Crippen LogP contribution >= 0.6 is 11.6 Å². The zero-order valence-corrected chi connectivity index (χ0v) is 17.7. The second kappa shape index (κ2) is 6.65. The lowest BCUT2D eigenvalue weighted by atomic mass is 9.67. The van der Waals surface area contributed by atoms with Gasteiger partial charge in [0.05, 0.1) is 29.1 Å². The molecule has 28 heavy (non-hydrogen) atoms. The molecular weight excluding hydrogens is 405 g/mol. The summed E-state index contributed by atoms with van der Waals surface area (Å²) in [4.78, 5) is 0. The normalized spacial score (nSPS) is 27.4. The topological polar surface area (TPSA) is 86.3 Å². The van der Waals surface area contributed by atoms with Gasteiger partial charge in [-0.15, -0.1) is 0 Å². The number of hydrogen-bond donors (Lipinski definition) is 2. The maximum atomic E-state index is 14.9. The maximum absolute atomic E-state index is 14.9. The number of nitrogens with one attached hydrogen (secondary N) is 1. The first-order chi connectivity index (χ1) is 13.0. The molecule has 9 heteroatoms. The van der Waals surface area contributed by atoms with E-state index >= 15 is 0 Å². The predicted molar refractivity (Wildman–Crippen MR) is 106 cm³/mol. The average molecular weight is 430 g/mol. The van der Waals surface area contributed by atoms with E-state index < -0.39 is 27.4 Å². The number of H-pyrrole nitrogens is 1. The van der Waals surface area contributed by atoms with E-state index in [4.69, 9.17) is 11.6 Å². The number of benzene rings is 1. The molecule has 0 amide bonds. The zero-order chi connectivity index (χ0) is 20.4. The summed E-state index contributed by atoms with van der Waals surface area (Å²) in [6, 6.07) is 1.38. The van der Waals surface area contributed by atoms with Crippen molar-refractivity contribution in [3.8, 4) is 0 Å². The van der Waals surface area contributed by atoms with Crippen LogP contribution in [0.1, 0.15) is 51.2 Å². The number of aliphatic hydroxyl groups excluding tert-OH is 1. The predicted octanol–water partition coefficient (Wildman–Crippen LogP) is 3.62. The first-order valence-corrected chi connectivity index (χ1v) is 11.7. The number of nitrogens with zero attached hydrogens (tertiary/aromatic N) is 2. The number of rotatable bonds is 4. The molecule has 6 nitrogen and oxygen atoms in total. The fourth-order valence-corrected chi connectivity index (χ4v) is 6.88. The summed E-state index contributed by atoms with van der Waals surface area (Å²) < 4.78 is 40.9. The van der Waals surface area contributed by atoms with Crippen molar-refractivity contribution in [3.05, 3.63) is 28.7 Å². The Labute approximate surface area is 169 Å². The van der Waals surface area contributed by atoms with E-state index in [9.17, 15) is 17.9 Å². The van der Waals surface area contributed by atoms with E-state index in [2.05, 4.69) is 10.2 Å². The summed E-state index contributed by atoms with van der Waals surface area (Å²) in [5.74, 6) is -0.593. The molecule has 2 bridgehead atoms. The second-order valence-electron chi connectivity index (χ2n) is 8.79. The Balaban J connectivity index is 1.69. The van der Waals surface area contributed by atoms with Crippen LogP contribution in [0.15, 0.2) is 12.3 Å². The molecule has 4 atom stereocenters. The van der Waals surface area contributed by atoms with Crippen LogP contribution in [-0.4, -0.2) is 46.4 Å². The van der Waals surface area contributed by atoms with E-state index in [0.29, 0.717) is 23.7 Å². The van der Waals surface area contributed by atoms with Crippen LogP contribution < -0.4 is 0 Å². The molecule has 2 N–H and O–H groups in total. The third-order valence-electron chi connectivity index (χ3n) is 6.75. The van der Waals surface area contributed by atoms with Gasteiger partial charge in [0.15, 0.2) is 0 Å². The lowest BCUT2D eigenvalue weighted by molar-refractivity contribution is -0.0238. The van der Waals surface area contributed by atoms with E-state index in [0.717, 1.165) is 12.8 Å². The van der Waals surface area contributed by atoms with Crippen molar-refractivity contribution in [1.29, 1.82) is 0 Å². The van der Waals surface area contributed by atoms with Gasteiger partial charge in [-0.05, 0) is 43.1 Å². The van der Waals surface area contributed by atoms with Gasteiger partial charge in [0.2, 0.25) is 10.0 Å². The summed E-state index contributed by atoms with van der Waals surface area (Å²) in [5.41, 5.74) is -0.101. The molecule has 2 fully saturated rings. The second-order valence-corrected chi connectivity index (χ2v) is 11.1. The molecule has 0 saturated carbocycles. The molecule has 0 spiro atoms. The van der Waals surface area contributed by atoms with Gasteiger partial charge in [0.25, 0.3) is 0 Å². The number of hydrogen-bond acceptors (Lipinski definition) is 4. The van der Waals surface area contributed by atoms with E-state index in [1.807, 2.05) is 13.8 Å². The molecule has 1 aromatic carbocycles. The van der Waals surface area contributed by atoms with Crippen molar-refractivity contribution in [1.82, 2.24) is 14.5 Å². The van der Waals surface area contributed by atoms with E-state index in [1.54, 1.807) is 10.5 Å². The van der Waals surface area contributed by atoms with Gasteiger partial charge < -0.3 is 5.11 Å². The molecule has 0 aliphatic carbocycles. The van der Waals surface area contributed by atoms with Crippen LogP contribution in [0.3, 0.4) is 0 Å². The summed E-state index contributed by atoms with van der Waals surface area (Å²) in [5, 5.41) is 18.6. The Hall–Kier alpha value is -1.22. The molecule has 2 aliphatic heterocycles. The average Bonchev–Trinajstić information content (AvgIpc) is 3.17. The Morgan fingerprint density at radius 1 is 1.36 bits per heavy atom. The van der Waals surface area contributed by atoms with Crippen LogP contribution in [0.5, 0.6) is 0 Å². The zero-order valence-electron chi connectivity index (χ0n) is 16.1. The smallest absolute Gasteiger partial charge is 0.211 e. The minimum absolute atomic E-state index is 0.0503. The van der Waals surface area contributed by atoms with Crippen LogP contribution in [0.2, 0.25) is 5.02 Å². The molecule has 3 heterocycles. The van der Waals surface area contributed by atoms with Gasteiger partial charge in [-0.25, -0.2) is 12.8 Å². The van der Waals surface area contributed by atoms with Gasteiger partial charge >= 0.3 is 0 Å². The van der Waals surface area contributed by atoms with Gasteiger partial charge in [-0.1, -0.05) is 25.4 Å². The third kappa shape index (κ3) is 3.05. The summed E-state index contributed by atoms with van der Waals surface area (Å²) in [6.45, 7) is 3.83. The standard InChI is InChI=1S/C19H25ClFN3O3S/c1-19(2,11-7-12-4-5-13(8-11)24(12)28(3,26)27)18(25)15-16(21)14(20)6-10-9-22-23-17(10)15/h6,9,11-13,18,25H,4-5,7-8H2,1-3H3,(H,22,23)/t11?,12-,13?,18?/m0/s1. The summed E-state index contributed by atoms with van der Waals surface area (Å²) in [7, 11) is -3.26. The number of aromatic nitrogens is 2. The number of aromatic amines is 1. The highest BCUT2D eigenvalue weighted by Gasteiger charge is 2.50.